The Hall–Kier alpha value is -1.84. The highest BCUT2D eigenvalue weighted by atomic mass is 16.6. The molecular weight excluding hydrogens is 278 g/mol. The average Bonchev–Trinajstić information content (AvgIpc) is 2.71. The number of alkyl carbamates (subject to hydrolysis) is 1. The van der Waals surface area contributed by atoms with Crippen LogP contribution in [0.1, 0.15) is 62.9 Å². The molecule has 4 heteroatoms. The topological polar surface area (TPSA) is 55.4 Å². The number of carbonyl (C=O) groups is 2. The van der Waals surface area contributed by atoms with Crippen LogP contribution < -0.4 is 5.32 Å². The molecular formula is C18H25NO3. The van der Waals surface area contributed by atoms with Gasteiger partial charge in [-0.25, -0.2) is 4.79 Å². The molecule has 1 aliphatic carbocycles. The fourth-order valence-electron chi connectivity index (χ4n) is 3.12. The predicted molar refractivity (Wildman–Crippen MR) is 86.2 cm³/mol. The van der Waals surface area contributed by atoms with E-state index in [0.717, 1.165) is 24.0 Å². The summed E-state index contributed by atoms with van der Waals surface area (Å²) in [6, 6.07) is 7.82. The Morgan fingerprint density at radius 3 is 2.64 bits per heavy atom. The fraction of sp³-hybridized carbons (Fsp3) is 0.556. The van der Waals surface area contributed by atoms with Crippen LogP contribution >= 0.6 is 0 Å². The van der Waals surface area contributed by atoms with Crippen molar-refractivity contribution in [3.05, 3.63) is 35.4 Å². The van der Waals surface area contributed by atoms with E-state index in [4.69, 9.17) is 4.74 Å². The molecule has 0 heterocycles. The summed E-state index contributed by atoms with van der Waals surface area (Å²) in [6.07, 6.45) is 1.74. The number of benzene rings is 1. The molecule has 4 nitrogen and oxygen atoms in total. The average molecular weight is 303 g/mol. The van der Waals surface area contributed by atoms with E-state index >= 15 is 0 Å². The zero-order valence-corrected chi connectivity index (χ0v) is 13.9. The van der Waals surface area contributed by atoms with E-state index in [1.807, 2.05) is 45.0 Å². The lowest BCUT2D eigenvalue weighted by atomic mass is 9.76. The molecule has 0 saturated carbocycles. The number of ether oxygens (including phenoxy) is 1. The smallest absolute Gasteiger partial charge is 0.407 e. The summed E-state index contributed by atoms with van der Waals surface area (Å²) in [4.78, 5) is 23.9. The molecule has 1 aliphatic rings. The summed E-state index contributed by atoms with van der Waals surface area (Å²) in [5.74, 6) is 0.203. The third kappa shape index (κ3) is 3.49. The number of Topliss-reactive ketones (excluding diaryl/α,β-unsaturated/α-hetero) is 1. The first-order valence-electron chi connectivity index (χ1n) is 7.87. The summed E-state index contributed by atoms with van der Waals surface area (Å²) in [5.41, 5.74) is 1.29. The Balaban J connectivity index is 2.02. The predicted octanol–water partition coefficient (Wildman–Crippen LogP) is 3.84. The minimum atomic E-state index is -0.498. The summed E-state index contributed by atoms with van der Waals surface area (Å²) in [7, 11) is 0. The van der Waals surface area contributed by atoms with Crippen molar-refractivity contribution in [1.82, 2.24) is 5.32 Å². The van der Waals surface area contributed by atoms with Crippen molar-refractivity contribution in [2.24, 2.45) is 0 Å². The number of nitrogens with one attached hydrogen (secondary N) is 1. The van der Waals surface area contributed by atoms with Crippen molar-refractivity contribution >= 4 is 11.9 Å². The Kier molecular flexibility index (Phi) is 4.59. The Labute approximate surface area is 132 Å². The lowest BCUT2D eigenvalue weighted by Gasteiger charge is -2.29. The number of amides is 1. The lowest BCUT2D eigenvalue weighted by Crippen LogP contribution is -2.36. The molecule has 1 unspecified atom stereocenters. The first-order chi connectivity index (χ1) is 10.3. The molecule has 120 valence electrons. The normalized spacial score (nSPS) is 20.6. The summed E-state index contributed by atoms with van der Waals surface area (Å²) < 4.78 is 5.24. The van der Waals surface area contributed by atoms with E-state index < -0.39 is 11.7 Å². The fourth-order valence-corrected chi connectivity index (χ4v) is 3.12. The minimum Gasteiger partial charge on any atom is -0.444 e. The molecule has 2 rings (SSSR count). The van der Waals surface area contributed by atoms with Gasteiger partial charge in [-0.1, -0.05) is 31.2 Å². The highest BCUT2D eigenvalue weighted by molar-refractivity contribution is 6.02. The number of hydrogen-bond acceptors (Lipinski definition) is 3. The molecule has 1 aromatic rings. The molecule has 22 heavy (non-hydrogen) atoms. The van der Waals surface area contributed by atoms with Gasteiger partial charge in [0.2, 0.25) is 0 Å². The van der Waals surface area contributed by atoms with Crippen molar-refractivity contribution in [2.75, 3.05) is 6.54 Å². The summed E-state index contributed by atoms with van der Waals surface area (Å²) >= 11 is 0. The zero-order valence-electron chi connectivity index (χ0n) is 13.9. The molecule has 0 fully saturated rings. The number of fused-ring (bicyclic) bond motifs is 1. The number of carbonyl (C=O) groups excluding carboxylic acids is 2. The van der Waals surface area contributed by atoms with Gasteiger partial charge in [0.25, 0.3) is 0 Å². The van der Waals surface area contributed by atoms with Crippen LogP contribution in [-0.4, -0.2) is 24.0 Å². The first-order valence-corrected chi connectivity index (χ1v) is 7.87. The zero-order chi connectivity index (χ0) is 16.4. The largest absolute Gasteiger partial charge is 0.444 e. The van der Waals surface area contributed by atoms with Gasteiger partial charge in [0, 0.05) is 23.9 Å². The van der Waals surface area contributed by atoms with Crippen molar-refractivity contribution in [3.8, 4) is 0 Å². The van der Waals surface area contributed by atoms with Crippen LogP contribution in [0.2, 0.25) is 0 Å². The van der Waals surface area contributed by atoms with E-state index in [0.29, 0.717) is 13.0 Å². The third-order valence-corrected chi connectivity index (χ3v) is 4.25. The second kappa shape index (κ2) is 6.11. The van der Waals surface area contributed by atoms with Gasteiger partial charge in [0.1, 0.15) is 5.60 Å². The molecule has 0 saturated heterocycles. The van der Waals surface area contributed by atoms with Gasteiger partial charge in [-0.3, -0.25) is 4.79 Å². The summed E-state index contributed by atoms with van der Waals surface area (Å²) in [6.45, 7) is 8.12. The maximum absolute atomic E-state index is 12.2. The first kappa shape index (κ1) is 16.5. The van der Waals surface area contributed by atoms with Crippen LogP contribution in [0.5, 0.6) is 0 Å². The minimum absolute atomic E-state index is 0.164. The molecule has 1 aromatic carbocycles. The van der Waals surface area contributed by atoms with Crippen LogP contribution in [-0.2, 0) is 10.2 Å². The van der Waals surface area contributed by atoms with E-state index in [1.165, 1.54) is 0 Å². The second-order valence-electron chi connectivity index (χ2n) is 6.96. The number of rotatable bonds is 4. The van der Waals surface area contributed by atoms with Gasteiger partial charge < -0.3 is 10.1 Å². The second-order valence-corrected chi connectivity index (χ2v) is 6.96. The van der Waals surface area contributed by atoms with E-state index in [9.17, 15) is 9.59 Å². The monoisotopic (exact) mass is 303 g/mol. The Bertz CT molecular complexity index is 574. The van der Waals surface area contributed by atoms with Gasteiger partial charge >= 0.3 is 6.09 Å². The Morgan fingerprint density at radius 1 is 1.32 bits per heavy atom. The molecule has 0 aliphatic heterocycles. The maximum Gasteiger partial charge on any atom is 0.407 e. The molecule has 0 aromatic heterocycles. The highest BCUT2D eigenvalue weighted by Crippen LogP contribution is 2.43. The van der Waals surface area contributed by atoms with Gasteiger partial charge in [0.15, 0.2) is 5.78 Å². The molecule has 0 radical (unpaired) electrons. The van der Waals surface area contributed by atoms with Crippen LogP contribution in [0, 0.1) is 0 Å². The summed E-state index contributed by atoms with van der Waals surface area (Å²) in [5, 5.41) is 2.80. The maximum atomic E-state index is 12.2. The van der Waals surface area contributed by atoms with Gasteiger partial charge in [-0.15, -0.1) is 0 Å². The number of ketones is 1. The molecule has 0 spiro atoms. The van der Waals surface area contributed by atoms with E-state index in [-0.39, 0.29) is 11.2 Å². The van der Waals surface area contributed by atoms with E-state index in [2.05, 4.69) is 12.2 Å². The highest BCUT2D eigenvalue weighted by Gasteiger charge is 2.41. The van der Waals surface area contributed by atoms with Crippen LogP contribution in [0.15, 0.2) is 24.3 Å². The third-order valence-electron chi connectivity index (χ3n) is 4.25. The van der Waals surface area contributed by atoms with Gasteiger partial charge in [-0.05, 0) is 39.2 Å². The molecule has 1 atom stereocenters. The Morgan fingerprint density at radius 2 is 2.00 bits per heavy atom. The van der Waals surface area contributed by atoms with Crippen LogP contribution in [0.4, 0.5) is 4.79 Å². The molecule has 0 bridgehead atoms. The lowest BCUT2D eigenvalue weighted by molar-refractivity contribution is 0.0524. The molecule has 1 amide bonds. The van der Waals surface area contributed by atoms with Crippen molar-refractivity contribution < 1.29 is 14.3 Å². The number of hydrogen-bond donors (Lipinski definition) is 1. The van der Waals surface area contributed by atoms with Crippen LogP contribution in [0.25, 0.3) is 0 Å². The van der Waals surface area contributed by atoms with Crippen molar-refractivity contribution in [3.63, 3.8) is 0 Å². The van der Waals surface area contributed by atoms with E-state index in [1.54, 1.807) is 0 Å². The SMILES string of the molecule is CCC1(CCNC(=O)OC(C)(C)C)CC(=O)c2ccccc21. The van der Waals surface area contributed by atoms with Crippen molar-refractivity contribution in [2.45, 2.75) is 58.0 Å². The standard InChI is InChI=1S/C18H25NO3/c1-5-18(10-11-19-16(21)22-17(2,3)4)12-15(20)13-8-6-7-9-14(13)18/h6-9H,5,10-12H2,1-4H3,(H,19,21). The van der Waals surface area contributed by atoms with Crippen molar-refractivity contribution in [1.29, 1.82) is 0 Å². The van der Waals surface area contributed by atoms with Crippen LogP contribution in [0.3, 0.4) is 0 Å². The van der Waals surface area contributed by atoms with Gasteiger partial charge in [0.05, 0.1) is 0 Å². The molecule has 1 N–H and O–H groups in total. The quantitative estimate of drug-likeness (QED) is 0.919. The van der Waals surface area contributed by atoms with Gasteiger partial charge in [-0.2, -0.15) is 0 Å².